The molecule has 1 amide bonds. The molecule has 1 aromatic rings. The molecule has 0 aromatic carbocycles. The number of hydrogen-bond donors (Lipinski definition) is 0. The second-order valence-electron chi connectivity index (χ2n) is 5.42. The molecule has 2 heterocycles. The summed E-state index contributed by atoms with van der Waals surface area (Å²) in [6.45, 7) is 3.12. The van der Waals surface area contributed by atoms with Gasteiger partial charge in [-0.1, -0.05) is 0 Å². The SMILES string of the molecule is O=C(CCn1cncn1)N(C[C@H]1CCOC1)C1CC1. The van der Waals surface area contributed by atoms with Gasteiger partial charge in [-0.15, -0.1) is 0 Å². The average molecular weight is 264 g/mol. The molecule has 2 fully saturated rings. The van der Waals surface area contributed by atoms with Crippen molar-refractivity contribution in [3.63, 3.8) is 0 Å². The van der Waals surface area contributed by atoms with Crippen LogP contribution in [0.1, 0.15) is 25.7 Å². The number of amides is 1. The van der Waals surface area contributed by atoms with Gasteiger partial charge >= 0.3 is 0 Å². The number of nitrogens with zero attached hydrogens (tertiary/aromatic N) is 4. The zero-order valence-electron chi connectivity index (χ0n) is 11.1. The van der Waals surface area contributed by atoms with Crippen LogP contribution >= 0.6 is 0 Å². The molecule has 6 heteroatoms. The standard InChI is InChI=1S/C13H20N4O2/c18-13(3-5-16-10-14-9-15-16)17(12-1-2-12)7-11-4-6-19-8-11/h9-12H,1-8H2/t11-/m1/s1. The zero-order valence-corrected chi connectivity index (χ0v) is 11.1. The van der Waals surface area contributed by atoms with Crippen molar-refractivity contribution in [1.29, 1.82) is 0 Å². The highest BCUT2D eigenvalue weighted by atomic mass is 16.5. The molecule has 0 spiro atoms. The second-order valence-corrected chi connectivity index (χ2v) is 5.42. The maximum Gasteiger partial charge on any atom is 0.224 e. The Balaban J connectivity index is 1.52. The number of rotatable bonds is 6. The molecule has 19 heavy (non-hydrogen) atoms. The van der Waals surface area contributed by atoms with Crippen molar-refractivity contribution in [3.8, 4) is 0 Å². The van der Waals surface area contributed by atoms with E-state index in [0.717, 1.165) is 39.0 Å². The Hall–Kier alpha value is -1.43. The summed E-state index contributed by atoms with van der Waals surface area (Å²) in [5.74, 6) is 0.765. The van der Waals surface area contributed by atoms with E-state index in [2.05, 4.69) is 15.0 Å². The van der Waals surface area contributed by atoms with Gasteiger partial charge in [0.25, 0.3) is 0 Å². The van der Waals surface area contributed by atoms with Crippen molar-refractivity contribution in [2.75, 3.05) is 19.8 Å². The number of ether oxygens (including phenoxy) is 1. The topological polar surface area (TPSA) is 60.2 Å². The molecular formula is C13H20N4O2. The van der Waals surface area contributed by atoms with Crippen LogP contribution in [-0.2, 0) is 16.1 Å². The van der Waals surface area contributed by atoms with Crippen molar-refractivity contribution < 1.29 is 9.53 Å². The molecule has 1 aromatic heterocycles. The predicted molar refractivity (Wildman–Crippen MR) is 68.3 cm³/mol. The summed E-state index contributed by atoms with van der Waals surface area (Å²) in [5.41, 5.74) is 0. The maximum absolute atomic E-state index is 12.3. The van der Waals surface area contributed by atoms with Crippen molar-refractivity contribution in [1.82, 2.24) is 19.7 Å². The summed E-state index contributed by atoms with van der Waals surface area (Å²) in [4.78, 5) is 18.3. The fourth-order valence-electron chi connectivity index (χ4n) is 2.55. The minimum absolute atomic E-state index is 0.241. The zero-order chi connectivity index (χ0) is 13.1. The van der Waals surface area contributed by atoms with Crippen molar-refractivity contribution in [3.05, 3.63) is 12.7 Å². The molecule has 0 unspecified atom stereocenters. The molecule has 6 nitrogen and oxygen atoms in total. The van der Waals surface area contributed by atoms with Crippen LogP contribution in [0.3, 0.4) is 0 Å². The smallest absolute Gasteiger partial charge is 0.224 e. The highest BCUT2D eigenvalue weighted by molar-refractivity contribution is 5.76. The van der Waals surface area contributed by atoms with Crippen molar-refractivity contribution in [2.24, 2.45) is 5.92 Å². The Labute approximate surface area is 112 Å². The Morgan fingerprint density at radius 3 is 2.95 bits per heavy atom. The maximum atomic E-state index is 12.3. The van der Waals surface area contributed by atoms with Gasteiger partial charge in [-0.3, -0.25) is 9.48 Å². The van der Waals surface area contributed by atoms with Crippen molar-refractivity contribution >= 4 is 5.91 Å². The highest BCUT2D eigenvalue weighted by Gasteiger charge is 2.34. The summed E-state index contributed by atoms with van der Waals surface area (Å²) in [5, 5.41) is 4.03. The lowest BCUT2D eigenvalue weighted by molar-refractivity contribution is -0.132. The fourth-order valence-corrected chi connectivity index (χ4v) is 2.55. The van der Waals surface area contributed by atoms with Crippen molar-refractivity contribution in [2.45, 2.75) is 38.3 Å². The van der Waals surface area contributed by atoms with E-state index in [4.69, 9.17) is 4.74 Å². The molecule has 1 atom stereocenters. The van der Waals surface area contributed by atoms with Gasteiger partial charge in [0, 0.05) is 31.5 Å². The molecule has 0 N–H and O–H groups in total. The third-order valence-electron chi connectivity index (χ3n) is 3.81. The van der Waals surface area contributed by atoms with E-state index < -0.39 is 0 Å². The fraction of sp³-hybridized carbons (Fsp3) is 0.769. The molecule has 0 radical (unpaired) electrons. The van der Waals surface area contributed by atoms with E-state index in [1.54, 1.807) is 11.0 Å². The number of carbonyl (C=O) groups excluding carboxylic acids is 1. The lowest BCUT2D eigenvalue weighted by atomic mass is 10.1. The van der Waals surface area contributed by atoms with E-state index >= 15 is 0 Å². The molecule has 1 saturated heterocycles. The third-order valence-corrected chi connectivity index (χ3v) is 3.81. The van der Waals surface area contributed by atoms with Crippen LogP contribution in [0, 0.1) is 5.92 Å². The van der Waals surface area contributed by atoms with Gasteiger partial charge in [0.05, 0.1) is 13.2 Å². The normalized spacial score (nSPS) is 22.6. The molecule has 1 saturated carbocycles. The van der Waals surface area contributed by atoms with Crippen LogP contribution in [0.15, 0.2) is 12.7 Å². The summed E-state index contributed by atoms with van der Waals surface area (Å²) in [6.07, 6.45) is 7.05. The lowest BCUT2D eigenvalue weighted by Crippen LogP contribution is -2.37. The van der Waals surface area contributed by atoms with Crippen LogP contribution in [-0.4, -0.2) is 51.4 Å². The summed E-state index contributed by atoms with van der Waals surface area (Å²) < 4.78 is 7.11. The molecule has 1 aliphatic carbocycles. The van der Waals surface area contributed by atoms with E-state index in [0.29, 0.717) is 24.9 Å². The minimum Gasteiger partial charge on any atom is -0.381 e. The lowest BCUT2D eigenvalue weighted by Gasteiger charge is -2.25. The van der Waals surface area contributed by atoms with Gasteiger partial charge in [-0.2, -0.15) is 5.10 Å². The van der Waals surface area contributed by atoms with Gasteiger partial charge in [-0.25, -0.2) is 4.98 Å². The first-order valence-electron chi connectivity index (χ1n) is 7.02. The Morgan fingerprint density at radius 1 is 1.42 bits per heavy atom. The minimum atomic E-state index is 0.241. The first-order valence-corrected chi connectivity index (χ1v) is 7.02. The van der Waals surface area contributed by atoms with Crippen LogP contribution in [0.4, 0.5) is 0 Å². The Morgan fingerprint density at radius 2 is 2.32 bits per heavy atom. The number of aromatic nitrogens is 3. The summed E-state index contributed by atoms with van der Waals surface area (Å²) in [6, 6.07) is 0.476. The van der Waals surface area contributed by atoms with E-state index in [1.807, 2.05) is 0 Å². The third kappa shape index (κ3) is 3.32. The van der Waals surface area contributed by atoms with Gasteiger partial charge < -0.3 is 9.64 Å². The molecule has 0 bridgehead atoms. The van der Waals surface area contributed by atoms with Crippen LogP contribution < -0.4 is 0 Å². The summed E-state index contributed by atoms with van der Waals surface area (Å²) >= 11 is 0. The van der Waals surface area contributed by atoms with Crippen LogP contribution in [0.25, 0.3) is 0 Å². The van der Waals surface area contributed by atoms with E-state index in [-0.39, 0.29) is 5.91 Å². The Bertz CT molecular complexity index is 410. The Kier molecular flexibility index (Phi) is 3.77. The van der Waals surface area contributed by atoms with E-state index in [1.165, 1.54) is 6.33 Å². The van der Waals surface area contributed by atoms with Gasteiger partial charge in [0.2, 0.25) is 5.91 Å². The number of aryl methyl sites for hydroxylation is 1. The van der Waals surface area contributed by atoms with Crippen LogP contribution in [0.5, 0.6) is 0 Å². The highest BCUT2D eigenvalue weighted by Crippen LogP contribution is 2.29. The molecule has 1 aliphatic heterocycles. The molecule has 104 valence electrons. The number of hydrogen-bond acceptors (Lipinski definition) is 4. The molecular weight excluding hydrogens is 244 g/mol. The average Bonchev–Trinajstić information content (AvgIpc) is 2.94. The van der Waals surface area contributed by atoms with Crippen LogP contribution in [0.2, 0.25) is 0 Å². The van der Waals surface area contributed by atoms with Gasteiger partial charge in [0.1, 0.15) is 12.7 Å². The largest absolute Gasteiger partial charge is 0.381 e. The molecule has 3 rings (SSSR count). The summed E-state index contributed by atoms with van der Waals surface area (Å²) in [7, 11) is 0. The van der Waals surface area contributed by atoms with Gasteiger partial charge in [-0.05, 0) is 19.3 Å². The first kappa shape index (κ1) is 12.6. The predicted octanol–water partition coefficient (Wildman–Crippen LogP) is 0.696. The number of carbonyl (C=O) groups is 1. The van der Waals surface area contributed by atoms with E-state index in [9.17, 15) is 4.79 Å². The first-order chi connectivity index (χ1) is 9.33. The monoisotopic (exact) mass is 264 g/mol. The van der Waals surface area contributed by atoms with Gasteiger partial charge in [0.15, 0.2) is 0 Å². The second kappa shape index (κ2) is 5.69. The molecule has 2 aliphatic rings. The quantitative estimate of drug-likeness (QED) is 0.758.